The van der Waals surface area contributed by atoms with E-state index in [0.29, 0.717) is 0 Å². The zero-order chi connectivity index (χ0) is 12.7. The summed E-state index contributed by atoms with van der Waals surface area (Å²) in [4.78, 5) is 0. The van der Waals surface area contributed by atoms with Crippen LogP contribution >= 0.6 is 0 Å². The van der Waals surface area contributed by atoms with Crippen LogP contribution in [0.4, 0.5) is 0 Å². The van der Waals surface area contributed by atoms with Crippen molar-refractivity contribution in [2.24, 2.45) is 0 Å². The monoisotopic (exact) mass is 239 g/mol. The highest BCUT2D eigenvalue weighted by molar-refractivity contribution is 5.40. The molecule has 96 valence electrons. The summed E-state index contributed by atoms with van der Waals surface area (Å²) in [6.07, 6.45) is -0.595. The number of aliphatic hydroxyl groups is 1. The van der Waals surface area contributed by atoms with E-state index in [4.69, 9.17) is 9.47 Å². The van der Waals surface area contributed by atoms with E-state index in [1.54, 1.807) is 7.11 Å². The van der Waals surface area contributed by atoms with E-state index in [0.717, 1.165) is 23.4 Å². The standard InChI is InChI=1S/C13H21NO3/c1-10-5-4-6-11(7-14-2)13(10)17-9-12(15)8-16-3/h4-6,12,14-15H,7-9H2,1-3H3. The fraction of sp³-hybridized carbons (Fsp3) is 0.538. The van der Waals surface area contributed by atoms with Gasteiger partial charge in [0.05, 0.1) is 6.61 Å². The maximum atomic E-state index is 9.56. The van der Waals surface area contributed by atoms with Crippen LogP contribution < -0.4 is 10.1 Å². The summed E-state index contributed by atoms with van der Waals surface area (Å²) in [5, 5.41) is 12.7. The molecule has 1 atom stereocenters. The Balaban J connectivity index is 2.68. The normalized spacial score (nSPS) is 12.5. The predicted octanol–water partition coefficient (Wildman–Crippen LogP) is 1.10. The number of hydrogen-bond acceptors (Lipinski definition) is 4. The fourth-order valence-corrected chi connectivity index (χ4v) is 1.67. The fourth-order valence-electron chi connectivity index (χ4n) is 1.67. The third-order valence-corrected chi connectivity index (χ3v) is 2.44. The summed E-state index contributed by atoms with van der Waals surface area (Å²) in [5.74, 6) is 0.844. The molecule has 0 fully saturated rings. The van der Waals surface area contributed by atoms with Crippen LogP contribution in [0.25, 0.3) is 0 Å². The maximum Gasteiger partial charge on any atom is 0.126 e. The van der Waals surface area contributed by atoms with Crippen LogP contribution in [-0.4, -0.2) is 38.6 Å². The minimum Gasteiger partial charge on any atom is -0.490 e. The van der Waals surface area contributed by atoms with Gasteiger partial charge in [0, 0.05) is 19.2 Å². The van der Waals surface area contributed by atoms with Crippen molar-refractivity contribution in [1.82, 2.24) is 5.32 Å². The molecule has 1 rings (SSSR count). The van der Waals surface area contributed by atoms with Crippen molar-refractivity contribution in [3.8, 4) is 5.75 Å². The first kappa shape index (κ1) is 14.0. The molecule has 0 saturated heterocycles. The lowest BCUT2D eigenvalue weighted by Crippen LogP contribution is -2.23. The van der Waals surface area contributed by atoms with E-state index >= 15 is 0 Å². The Morgan fingerprint density at radius 2 is 2.12 bits per heavy atom. The molecule has 0 aliphatic heterocycles. The van der Waals surface area contributed by atoms with Crippen molar-refractivity contribution in [1.29, 1.82) is 0 Å². The first-order valence-electron chi connectivity index (χ1n) is 5.72. The van der Waals surface area contributed by atoms with E-state index in [1.165, 1.54) is 0 Å². The van der Waals surface area contributed by atoms with Crippen molar-refractivity contribution in [3.05, 3.63) is 29.3 Å². The van der Waals surface area contributed by atoms with Crippen LogP contribution in [0.2, 0.25) is 0 Å². The van der Waals surface area contributed by atoms with Gasteiger partial charge in [-0.3, -0.25) is 0 Å². The van der Waals surface area contributed by atoms with Gasteiger partial charge in [-0.1, -0.05) is 18.2 Å². The van der Waals surface area contributed by atoms with Crippen LogP contribution in [0.1, 0.15) is 11.1 Å². The second-order valence-electron chi connectivity index (χ2n) is 4.01. The number of ether oxygens (including phenoxy) is 2. The van der Waals surface area contributed by atoms with Gasteiger partial charge in [0.15, 0.2) is 0 Å². The van der Waals surface area contributed by atoms with Gasteiger partial charge in [-0.25, -0.2) is 0 Å². The van der Waals surface area contributed by atoms with Crippen molar-refractivity contribution < 1.29 is 14.6 Å². The van der Waals surface area contributed by atoms with Gasteiger partial charge in [-0.2, -0.15) is 0 Å². The quantitative estimate of drug-likeness (QED) is 0.748. The Bertz CT molecular complexity index is 341. The number of methoxy groups -OCH3 is 1. The molecule has 1 aromatic carbocycles. The molecule has 0 radical (unpaired) electrons. The first-order valence-corrected chi connectivity index (χ1v) is 5.72. The molecule has 2 N–H and O–H groups in total. The average molecular weight is 239 g/mol. The zero-order valence-electron chi connectivity index (χ0n) is 10.7. The lowest BCUT2D eigenvalue weighted by Gasteiger charge is -2.16. The number of aliphatic hydroxyl groups excluding tert-OH is 1. The zero-order valence-corrected chi connectivity index (χ0v) is 10.7. The highest BCUT2D eigenvalue weighted by Crippen LogP contribution is 2.23. The van der Waals surface area contributed by atoms with Crippen molar-refractivity contribution in [2.45, 2.75) is 19.6 Å². The van der Waals surface area contributed by atoms with Gasteiger partial charge in [-0.05, 0) is 19.5 Å². The van der Waals surface area contributed by atoms with E-state index in [9.17, 15) is 5.11 Å². The third-order valence-electron chi connectivity index (χ3n) is 2.44. The SMILES string of the molecule is CNCc1cccc(C)c1OCC(O)COC. The van der Waals surface area contributed by atoms with Crippen molar-refractivity contribution in [2.75, 3.05) is 27.4 Å². The molecule has 4 nitrogen and oxygen atoms in total. The Morgan fingerprint density at radius 3 is 2.76 bits per heavy atom. The Morgan fingerprint density at radius 1 is 1.35 bits per heavy atom. The van der Waals surface area contributed by atoms with Crippen LogP contribution in [-0.2, 0) is 11.3 Å². The van der Waals surface area contributed by atoms with Crippen LogP contribution in [0, 0.1) is 6.92 Å². The summed E-state index contributed by atoms with van der Waals surface area (Å²) in [5.41, 5.74) is 2.17. The highest BCUT2D eigenvalue weighted by Gasteiger charge is 2.09. The molecule has 0 aliphatic carbocycles. The largest absolute Gasteiger partial charge is 0.490 e. The van der Waals surface area contributed by atoms with E-state index in [2.05, 4.69) is 5.32 Å². The average Bonchev–Trinajstić information content (AvgIpc) is 2.29. The Labute approximate surface area is 103 Å². The molecular weight excluding hydrogens is 218 g/mol. The molecule has 0 aliphatic rings. The van der Waals surface area contributed by atoms with Gasteiger partial charge < -0.3 is 19.9 Å². The second kappa shape index (κ2) is 7.27. The lowest BCUT2D eigenvalue weighted by molar-refractivity contribution is 0.0321. The van der Waals surface area contributed by atoms with Crippen molar-refractivity contribution in [3.63, 3.8) is 0 Å². The number of para-hydroxylation sites is 1. The summed E-state index contributed by atoms with van der Waals surface area (Å²) in [6, 6.07) is 6.01. The molecule has 0 amide bonds. The first-order chi connectivity index (χ1) is 8.19. The summed E-state index contributed by atoms with van der Waals surface area (Å²) < 4.78 is 10.5. The molecule has 0 bridgehead atoms. The Kier molecular flexibility index (Phi) is 5.97. The van der Waals surface area contributed by atoms with Gasteiger partial charge in [0.25, 0.3) is 0 Å². The molecule has 0 spiro atoms. The third kappa shape index (κ3) is 4.34. The molecule has 17 heavy (non-hydrogen) atoms. The number of hydrogen-bond donors (Lipinski definition) is 2. The number of nitrogens with one attached hydrogen (secondary N) is 1. The van der Waals surface area contributed by atoms with Gasteiger partial charge in [-0.15, -0.1) is 0 Å². The molecule has 0 aromatic heterocycles. The smallest absolute Gasteiger partial charge is 0.126 e. The Hall–Kier alpha value is -1.10. The minimum atomic E-state index is -0.595. The lowest BCUT2D eigenvalue weighted by atomic mass is 10.1. The van der Waals surface area contributed by atoms with Crippen LogP contribution in [0.15, 0.2) is 18.2 Å². The molecule has 0 saturated carbocycles. The number of aryl methyl sites for hydroxylation is 1. The molecule has 1 unspecified atom stereocenters. The minimum absolute atomic E-state index is 0.245. The van der Waals surface area contributed by atoms with E-state index in [1.807, 2.05) is 32.2 Å². The van der Waals surface area contributed by atoms with E-state index < -0.39 is 6.10 Å². The van der Waals surface area contributed by atoms with Gasteiger partial charge in [0.2, 0.25) is 0 Å². The van der Waals surface area contributed by atoms with Crippen molar-refractivity contribution >= 4 is 0 Å². The predicted molar refractivity (Wildman–Crippen MR) is 67.3 cm³/mol. The summed E-state index contributed by atoms with van der Waals surface area (Å²) >= 11 is 0. The molecular formula is C13H21NO3. The van der Waals surface area contributed by atoms with Crippen LogP contribution in [0.5, 0.6) is 5.75 Å². The number of rotatable bonds is 7. The summed E-state index contributed by atoms with van der Waals surface area (Å²) in [7, 11) is 3.45. The molecule has 4 heteroatoms. The maximum absolute atomic E-state index is 9.56. The van der Waals surface area contributed by atoms with Gasteiger partial charge in [0.1, 0.15) is 18.5 Å². The molecule has 0 heterocycles. The number of benzene rings is 1. The highest BCUT2D eigenvalue weighted by atomic mass is 16.5. The van der Waals surface area contributed by atoms with E-state index in [-0.39, 0.29) is 13.2 Å². The summed E-state index contributed by atoms with van der Waals surface area (Å²) in [6.45, 7) is 3.28. The van der Waals surface area contributed by atoms with Crippen LogP contribution in [0.3, 0.4) is 0 Å². The van der Waals surface area contributed by atoms with Gasteiger partial charge >= 0.3 is 0 Å². The molecule has 1 aromatic rings. The second-order valence-corrected chi connectivity index (χ2v) is 4.01. The topological polar surface area (TPSA) is 50.7 Å².